The summed E-state index contributed by atoms with van der Waals surface area (Å²) in [4.78, 5) is 12.7. The fourth-order valence-corrected chi connectivity index (χ4v) is 3.06. The Morgan fingerprint density at radius 3 is 2.43 bits per heavy atom. The molecular weight excluding hydrogens is 262 g/mol. The van der Waals surface area contributed by atoms with Crippen molar-refractivity contribution in [1.82, 2.24) is 5.32 Å². The van der Waals surface area contributed by atoms with Crippen molar-refractivity contribution in [3.8, 4) is 0 Å². The van der Waals surface area contributed by atoms with Crippen LogP contribution in [-0.4, -0.2) is 19.1 Å². The summed E-state index contributed by atoms with van der Waals surface area (Å²) in [6.45, 7) is 7.84. The Labute approximate surface area is 128 Å². The molecule has 1 aliphatic heterocycles. The van der Waals surface area contributed by atoms with Gasteiger partial charge in [-0.1, -0.05) is 43.7 Å². The van der Waals surface area contributed by atoms with Crippen molar-refractivity contribution in [1.29, 1.82) is 0 Å². The van der Waals surface area contributed by atoms with Crippen LogP contribution in [-0.2, 0) is 15.1 Å². The zero-order valence-corrected chi connectivity index (χ0v) is 13.4. The lowest BCUT2D eigenvalue weighted by Gasteiger charge is -2.39. The second-order valence-electron chi connectivity index (χ2n) is 6.63. The van der Waals surface area contributed by atoms with E-state index in [2.05, 4.69) is 24.4 Å². The van der Waals surface area contributed by atoms with Crippen LogP contribution in [0.3, 0.4) is 0 Å². The molecule has 1 heterocycles. The molecule has 0 radical (unpaired) electrons. The standard InChI is InChI=1S/C18H27NO2/c1-4-10-17(2,3)16(20)21-18(11-13-19-14-12-18)15-8-6-5-7-9-15/h5-9,19H,4,10-14H2,1-3H3. The molecule has 0 atom stereocenters. The summed E-state index contributed by atoms with van der Waals surface area (Å²) in [5.41, 5.74) is 0.239. The zero-order valence-electron chi connectivity index (χ0n) is 13.4. The number of carbonyl (C=O) groups excluding carboxylic acids is 1. The van der Waals surface area contributed by atoms with E-state index in [9.17, 15) is 4.79 Å². The molecule has 21 heavy (non-hydrogen) atoms. The van der Waals surface area contributed by atoms with Crippen LogP contribution in [0.2, 0.25) is 0 Å². The van der Waals surface area contributed by atoms with Crippen molar-refractivity contribution in [2.24, 2.45) is 5.41 Å². The quantitative estimate of drug-likeness (QED) is 0.841. The smallest absolute Gasteiger partial charge is 0.312 e. The van der Waals surface area contributed by atoms with Crippen LogP contribution in [0.25, 0.3) is 0 Å². The number of ether oxygens (including phenoxy) is 1. The van der Waals surface area contributed by atoms with E-state index < -0.39 is 11.0 Å². The van der Waals surface area contributed by atoms with E-state index in [4.69, 9.17) is 4.74 Å². The molecule has 0 saturated carbocycles. The first-order chi connectivity index (χ1) is 10.0. The molecule has 1 saturated heterocycles. The van der Waals surface area contributed by atoms with E-state index in [0.717, 1.165) is 44.3 Å². The monoisotopic (exact) mass is 289 g/mol. The van der Waals surface area contributed by atoms with Crippen molar-refractivity contribution < 1.29 is 9.53 Å². The highest BCUT2D eigenvalue weighted by Gasteiger charge is 2.41. The molecule has 0 amide bonds. The van der Waals surface area contributed by atoms with E-state index in [1.165, 1.54) is 0 Å². The van der Waals surface area contributed by atoms with Gasteiger partial charge in [0.05, 0.1) is 5.41 Å². The van der Waals surface area contributed by atoms with Crippen LogP contribution in [0, 0.1) is 5.41 Å². The minimum Gasteiger partial charge on any atom is -0.454 e. The maximum absolute atomic E-state index is 12.7. The molecule has 1 aromatic rings. The Hall–Kier alpha value is -1.35. The Morgan fingerprint density at radius 2 is 1.86 bits per heavy atom. The molecule has 3 heteroatoms. The molecule has 0 spiro atoms. The normalized spacial score (nSPS) is 18.2. The summed E-state index contributed by atoms with van der Waals surface area (Å²) in [6.07, 6.45) is 3.52. The van der Waals surface area contributed by atoms with Gasteiger partial charge in [-0.3, -0.25) is 4.79 Å². The first-order valence-electron chi connectivity index (χ1n) is 8.00. The lowest BCUT2D eigenvalue weighted by atomic mass is 9.83. The summed E-state index contributed by atoms with van der Waals surface area (Å²) in [5.74, 6) is -0.0740. The molecule has 1 aromatic carbocycles. The van der Waals surface area contributed by atoms with Gasteiger partial charge >= 0.3 is 5.97 Å². The molecule has 1 N–H and O–H groups in total. The van der Waals surface area contributed by atoms with Gasteiger partial charge in [0.2, 0.25) is 0 Å². The van der Waals surface area contributed by atoms with Gasteiger partial charge in [-0.15, -0.1) is 0 Å². The van der Waals surface area contributed by atoms with E-state index in [0.29, 0.717) is 0 Å². The predicted molar refractivity (Wildman–Crippen MR) is 85.0 cm³/mol. The Kier molecular flexibility index (Phi) is 5.04. The van der Waals surface area contributed by atoms with Gasteiger partial charge in [0.15, 0.2) is 0 Å². The number of hydrogen-bond acceptors (Lipinski definition) is 3. The maximum Gasteiger partial charge on any atom is 0.312 e. The maximum atomic E-state index is 12.7. The number of nitrogens with one attached hydrogen (secondary N) is 1. The van der Waals surface area contributed by atoms with E-state index in [1.54, 1.807) is 0 Å². The van der Waals surface area contributed by atoms with E-state index in [-0.39, 0.29) is 5.97 Å². The molecule has 0 aliphatic carbocycles. The Morgan fingerprint density at radius 1 is 1.24 bits per heavy atom. The Bertz CT molecular complexity index is 461. The first kappa shape index (κ1) is 16.0. The average Bonchev–Trinajstić information content (AvgIpc) is 2.49. The van der Waals surface area contributed by atoms with Crippen LogP contribution < -0.4 is 5.32 Å². The van der Waals surface area contributed by atoms with Gasteiger partial charge < -0.3 is 10.1 Å². The molecule has 0 aromatic heterocycles. The summed E-state index contributed by atoms with van der Waals surface area (Å²) in [6, 6.07) is 10.2. The number of hydrogen-bond donors (Lipinski definition) is 1. The summed E-state index contributed by atoms with van der Waals surface area (Å²) in [5, 5.41) is 3.36. The highest BCUT2D eigenvalue weighted by Crippen LogP contribution is 2.38. The van der Waals surface area contributed by atoms with Crippen LogP contribution in [0.15, 0.2) is 30.3 Å². The minimum absolute atomic E-state index is 0.0740. The second kappa shape index (κ2) is 6.61. The van der Waals surface area contributed by atoms with Gasteiger partial charge in [0.1, 0.15) is 5.60 Å². The number of rotatable bonds is 5. The Balaban J connectivity index is 2.24. The zero-order chi connectivity index (χ0) is 15.3. The molecule has 116 valence electrons. The van der Waals surface area contributed by atoms with Gasteiger partial charge in [-0.05, 0) is 38.9 Å². The van der Waals surface area contributed by atoms with Crippen LogP contribution >= 0.6 is 0 Å². The fraction of sp³-hybridized carbons (Fsp3) is 0.611. The number of esters is 1. The van der Waals surface area contributed by atoms with Crippen molar-refractivity contribution in [2.45, 2.75) is 52.1 Å². The molecule has 0 unspecified atom stereocenters. The second-order valence-corrected chi connectivity index (χ2v) is 6.63. The van der Waals surface area contributed by atoms with Crippen molar-refractivity contribution in [3.05, 3.63) is 35.9 Å². The third kappa shape index (κ3) is 3.65. The molecule has 1 aliphatic rings. The van der Waals surface area contributed by atoms with E-state index >= 15 is 0 Å². The van der Waals surface area contributed by atoms with Crippen molar-refractivity contribution >= 4 is 5.97 Å². The number of carbonyl (C=O) groups is 1. The van der Waals surface area contributed by atoms with Crippen LogP contribution in [0.1, 0.15) is 52.0 Å². The van der Waals surface area contributed by atoms with Crippen molar-refractivity contribution in [3.63, 3.8) is 0 Å². The van der Waals surface area contributed by atoms with Crippen LogP contribution in [0.5, 0.6) is 0 Å². The lowest BCUT2D eigenvalue weighted by Crippen LogP contribution is -2.45. The third-order valence-corrected chi connectivity index (χ3v) is 4.43. The topological polar surface area (TPSA) is 38.3 Å². The lowest BCUT2D eigenvalue weighted by molar-refractivity contribution is -0.175. The summed E-state index contributed by atoms with van der Waals surface area (Å²) in [7, 11) is 0. The molecular formula is C18H27NO2. The average molecular weight is 289 g/mol. The molecule has 0 bridgehead atoms. The predicted octanol–water partition coefficient (Wildman–Crippen LogP) is 3.63. The summed E-state index contributed by atoms with van der Waals surface area (Å²) < 4.78 is 6.10. The number of piperidine rings is 1. The highest BCUT2D eigenvalue weighted by atomic mass is 16.6. The number of benzene rings is 1. The van der Waals surface area contributed by atoms with Crippen molar-refractivity contribution in [2.75, 3.05) is 13.1 Å². The third-order valence-electron chi connectivity index (χ3n) is 4.43. The highest BCUT2D eigenvalue weighted by molar-refractivity contribution is 5.76. The minimum atomic E-state index is -0.464. The first-order valence-corrected chi connectivity index (χ1v) is 8.00. The van der Waals surface area contributed by atoms with Gasteiger partial charge in [0, 0.05) is 12.8 Å². The largest absolute Gasteiger partial charge is 0.454 e. The summed E-state index contributed by atoms with van der Waals surface area (Å²) >= 11 is 0. The van der Waals surface area contributed by atoms with Gasteiger partial charge in [-0.25, -0.2) is 0 Å². The molecule has 2 rings (SSSR count). The molecule has 1 fully saturated rings. The van der Waals surface area contributed by atoms with Gasteiger partial charge in [-0.2, -0.15) is 0 Å². The SMILES string of the molecule is CCCC(C)(C)C(=O)OC1(c2ccccc2)CCNCC1. The van der Waals surface area contributed by atoms with Crippen LogP contribution in [0.4, 0.5) is 0 Å². The van der Waals surface area contributed by atoms with E-state index in [1.807, 2.05) is 32.0 Å². The fourth-order valence-electron chi connectivity index (χ4n) is 3.06. The molecule has 3 nitrogen and oxygen atoms in total. The van der Waals surface area contributed by atoms with Gasteiger partial charge in [0.25, 0.3) is 0 Å².